The third-order valence-corrected chi connectivity index (χ3v) is 4.01. The molecule has 1 aromatic carbocycles. The van der Waals surface area contributed by atoms with Gasteiger partial charge in [-0.2, -0.15) is 0 Å². The van der Waals surface area contributed by atoms with Crippen molar-refractivity contribution in [1.82, 2.24) is 14.5 Å². The van der Waals surface area contributed by atoms with Crippen molar-refractivity contribution in [3.63, 3.8) is 0 Å². The normalized spacial score (nSPS) is 14.3. The fourth-order valence-corrected chi connectivity index (χ4v) is 2.77. The monoisotopic (exact) mass is 280 g/mol. The molecular formula is C17H20N4. The van der Waals surface area contributed by atoms with E-state index < -0.39 is 0 Å². The minimum Gasteiger partial charge on any atom is -0.326 e. The molecule has 0 saturated heterocycles. The van der Waals surface area contributed by atoms with Crippen LogP contribution >= 0.6 is 0 Å². The molecule has 3 aromatic rings. The summed E-state index contributed by atoms with van der Waals surface area (Å²) in [7, 11) is 0. The number of imidazole rings is 1. The van der Waals surface area contributed by atoms with E-state index in [-0.39, 0.29) is 12.1 Å². The Morgan fingerprint density at radius 2 is 1.95 bits per heavy atom. The van der Waals surface area contributed by atoms with Crippen LogP contribution in [-0.4, -0.2) is 20.6 Å². The van der Waals surface area contributed by atoms with Crippen LogP contribution in [0.3, 0.4) is 0 Å². The van der Waals surface area contributed by atoms with Crippen molar-refractivity contribution in [3.05, 3.63) is 59.7 Å². The molecule has 0 aliphatic carbocycles. The summed E-state index contributed by atoms with van der Waals surface area (Å²) in [6.45, 7) is 6.25. The van der Waals surface area contributed by atoms with E-state index in [2.05, 4.69) is 46.6 Å². The second-order valence-corrected chi connectivity index (χ2v) is 5.67. The first-order valence-electron chi connectivity index (χ1n) is 7.17. The molecular weight excluding hydrogens is 260 g/mol. The number of rotatable bonds is 3. The van der Waals surface area contributed by atoms with Crippen LogP contribution in [0.2, 0.25) is 0 Å². The quantitative estimate of drug-likeness (QED) is 0.802. The molecule has 2 atom stereocenters. The molecule has 2 N–H and O–H groups in total. The van der Waals surface area contributed by atoms with E-state index >= 15 is 0 Å². The van der Waals surface area contributed by atoms with Crippen molar-refractivity contribution < 1.29 is 0 Å². The summed E-state index contributed by atoms with van der Waals surface area (Å²) in [6, 6.07) is 8.32. The number of fused-ring (bicyclic) bond motifs is 1. The number of pyridine rings is 1. The highest BCUT2D eigenvalue weighted by Gasteiger charge is 2.20. The van der Waals surface area contributed by atoms with Gasteiger partial charge < -0.3 is 10.3 Å². The lowest BCUT2D eigenvalue weighted by molar-refractivity contribution is 0.505. The summed E-state index contributed by atoms with van der Waals surface area (Å²) in [5.41, 5.74) is 12.0. The molecule has 4 nitrogen and oxygen atoms in total. The maximum atomic E-state index is 6.24. The molecule has 21 heavy (non-hydrogen) atoms. The van der Waals surface area contributed by atoms with Crippen molar-refractivity contribution in [2.24, 2.45) is 5.73 Å². The maximum absolute atomic E-state index is 6.24. The predicted octanol–water partition coefficient (Wildman–Crippen LogP) is 2.98. The van der Waals surface area contributed by atoms with Gasteiger partial charge in [0.2, 0.25) is 0 Å². The lowest BCUT2D eigenvalue weighted by atomic mass is 10.0. The van der Waals surface area contributed by atoms with Crippen LogP contribution in [0.5, 0.6) is 0 Å². The van der Waals surface area contributed by atoms with Crippen molar-refractivity contribution in [3.8, 4) is 0 Å². The van der Waals surface area contributed by atoms with Crippen LogP contribution in [0.4, 0.5) is 0 Å². The topological polar surface area (TPSA) is 56.7 Å². The van der Waals surface area contributed by atoms with E-state index in [4.69, 9.17) is 5.73 Å². The first-order chi connectivity index (χ1) is 10.1. The Kier molecular flexibility index (Phi) is 3.47. The Bertz CT molecular complexity index is 759. The average Bonchev–Trinajstić information content (AvgIpc) is 2.83. The molecule has 0 aliphatic rings. The number of aromatic nitrogens is 3. The fraction of sp³-hybridized carbons (Fsp3) is 0.294. The first-order valence-corrected chi connectivity index (χ1v) is 7.17. The van der Waals surface area contributed by atoms with Crippen molar-refractivity contribution >= 4 is 11.0 Å². The van der Waals surface area contributed by atoms with E-state index in [1.54, 1.807) is 6.20 Å². The smallest absolute Gasteiger partial charge is 0.0964 e. The Morgan fingerprint density at radius 1 is 1.19 bits per heavy atom. The van der Waals surface area contributed by atoms with Crippen molar-refractivity contribution in [2.75, 3.05) is 0 Å². The van der Waals surface area contributed by atoms with E-state index in [0.717, 1.165) is 16.6 Å². The third kappa shape index (κ3) is 2.43. The molecule has 2 aromatic heterocycles. The highest BCUT2D eigenvalue weighted by molar-refractivity contribution is 5.77. The SMILES string of the molecule is Cc1cc2ncn(C(c3cccnc3)C(C)N)c2cc1C. The standard InChI is InChI=1S/C17H20N4/c1-11-7-15-16(8-12(11)2)21(10-20-15)17(13(3)18)14-5-4-6-19-9-14/h4-10,13,17H,18H2,1-3H3. The van der Waals surface area contributed by atoms with Gasteiger partial charge in [-0.25, -0.2) is 4.98 Å². The van der Waals surface area contributed by atoms with Gasteiger partial charge in [-0.05, 0) is 55.7 Å². The van der Waals surface area contributed by atoms with Crippen molar-refractivity contribution in [1.29, 1.82) is 0 Å². The zero-order valence-electron chi connectivity index (χ0n) is 12.6. The Balaban J connectivity index is 2.19. The van der Waals surface area contributed by atoms with E-state index in [1.165, 1.54) is 11.1 Å². The van der Waals surface area contributed by atoms with Gasteiger partial charge >= 0.3 is 0 Å². The Labute approximate surface area is 124 Å². The minimum absolute atomic E-state index is 0.0332. The van der Waals surface area contributed by atoms with Crippen molar-refractivity contribution in [2.45, 2.75) is 32.9 Å². The molecule has 0 radical (unpaired) electrons. The van der Waals surface area contributed by atoms with Gasteiger partial charge in [0.25, 0.3) is 0 Å². The molecule has 2 unspecified atom stereocenters. The molecule has 0 saturated carbocycles. The second-order valence-electron chi connectivity index (χ2n) is 5.67. The van der Waals surface area contributed by atoms with Crippen LogP contribution in [0.1, 0.15) is 29.7 Å². The van der Waals surface area contributed by atoms with Gasteiger partial charge in [-0.3, -0.25) is 4.98 Å². The molecule has 0 fully saturated rings. The van der Waals surface area contributed by atoms with Crippen LogP contribution in [0.15, 0.2) is 43.0 Å². The molecule has 0 aliphatic heterocycles. The minimum atomic E-state index is -0.0341. The summed E-state index contributed by atoms with van der Waals surface area (Å²) in [5, 5.41) is 0. The number of hydrogen-bond acceptors (Lipinski definition) is 3. The van der Waals surface area contributed by atoms with E-state index in [0.29, 0.717) is 0 Å². The first kappa shape index (κ1) is 13.8. The lowest BCUT2D eigenvalue weighted by Crippen LogP contribution is -2.30. The van der Waals surface area contributed by atoms with Gasteiger partial charge in [-0.15, -0.1) is 0 Å². The van der Waals surface area contributed by atoms with E-state index in [1.807, 2.05) is 25.5 Å². The predicted molar refractivity (Wildman–Crippen MR) is 85.2 cm³/mol. The zero-order valence-corrected chi connectivity index (χ0v) is 12.6. The highest BCUT2D eigenvalue weighted by Crippen LogP contribution is 2.27. The van der Waals surface area contributed by atoms with Gasteiger partial charge in [0.15, 0.2) is 0 Å². The lowest BCUT2D eigenvalue weighted by Gasteiger charge is -2.23. The third-order valence-electron chi connectivity index (χ3n) is 4.01. The van der Waals surface area contributed by atoms with Gasteiger partial charge in [0.1, 0.15) is 0 Å². The molecule has 3 rings (SSSR count). The average molecular weight is 280 g/mol. The number of nitrogens with two attached hydrogens (primary N) is 1. The summed E-state index contributed by atoms with van der Waals surface area (Å²) < 4.78 is 2.16. The molecule has 0 spiro atoms. The van der Waals surface area contributed by atoms with Crippen LogP contribution < -0.4 is 5.73 Å². The summed E-state index contributed by atoms with van der Waals surface area (Å²) >= 11 is 0. The summed E-state index contributed by atoms with van der Waals surface area (Å²) in [6.07, 6.45) is 5.53. The highest BCUT2D eigenvalue weighted by atomic mass is 15.1. The van der Waals surface area contributed by atoms with Crippen LogP contribution in [-0.2, 0) is 0 Å². The van der Waals surface area contributed by atoms with Crippen LogP contribution in [0.25, 0.3) is 11.0 Å². The number of nitrogens with zero attached hydrogens (tertiary/aromatic N) is 3. The molecule has 0 bridgehead atoms. The second kappa shape index (κ2) is 5.30. The van der Waals surface area contributed by atoms with Crippen LogP contribution in [0, 0.1) is 13.8 Å². The van der Waals surface area contributed by atoms with E-state index in [9.17, 15) is 0 Å². The fourth-order valence-electron chi connectivity index (χ4n) is 2.77. The Morgan fingerprint density at radius 3 is 2.62 bits per heavy atom. The molecule has 0 amide bonds. The summed E-state index contributed by atoms with van der Waals surface area (Å²) in [5.74, 6) is 0. The van der Waals surface area contributed by atoms with Gasteiger partial charge in [-0.1, -0.05) is 6.07 Å². The largest absolute Gasteiger partial charge is 0.326 e. The molecule has 108 valence electrons. The maximum Gasteiger partial charge on any atom is 0.0964 e. The number of benzene rings is 1. The molecule has 4 heteroatoms. The zero-order chi connectivity index (χ0) is 15.0. The number of aryl methyl sites for hydroxylation is 2. The number of hydrogen-bond donors (Lipinski definition) is 1. The van der Waals surface area contributed by atoms with Gasteiger partial charge in [0.05, 0.1) is 23.4 Å². The molecule has 2 heterocycles. The summed E-state index contributed by atoms with van der Waals surface area (Å²) in [4.78, 5) is 8.76. The van der Waals surface area contributed by atoms with Gasteiger partial charge in [0, 0.05) is 18.4 Å². The Hall–Kier alpha value is -2.20.